The van der Waals surface area contributed by atoms with Crippen LogP contribution in [0, 0.1) is 6.92 Å². The molecule has 0 radical (unpaired) electrons. The Morgan fingerprint density at radius 3 is 2.71 bits per heavy atom. The Morgan fingerprint density at radius 2 is 2.07 bits per heavy atom. The lowest BCUT2D eigenvalue weighted by molar-refractivity contribution is -0.150. The van der Waals surface area contributed by atoms with Gasteiger partial charge in [-0.1, -0.05) is 35.2 Å². The number of nitrogens with one attached hydrogen (secondary N) is 2. The highest BCUT2D eigenvalue weighted by molar-refractivity contribution is 8.01. The molecule has 2 atom stereocenters. The number of nitrogens with zero attached hydrogens (tertiary/aromatic N) is 5. The zero-order valence-electron chi connectivity index (χ0n) is 22.6. The molecule has 0 saturated carbocycles. The summed E-state index contributed by atoms with van der Waals surface area (Å²) in [6.07, 6.45) is -0.0839. The maximum Gasteiger partial charge on any atom is 0.413 e. The Morgan fingerprint density at radius 1 is 1.32 bits per heavy atom. The predicted molar refractivity (Wildman–Crippen MR) is 155 cm³/mol. The van der Waals surface area contributed by atoms with Gasteiger partial charge in [0.25, 0.3) is 11.8 Å². The number of carboxylic acid groups (broad SMARTS) is 1. The van der Waals surface area contributed by atoms with E-state index in [1.165, 1.54) is 52.3 Å². The standard InChI is InChI=1S/C23H27N7O7S4/c1-6-23(3,4)37-21(35)26-20-24-12(9-39-20)13(29-36-5)16(31)25-14-17(32)30-15(19(33)34)11(7-38-18(14)30)8-40-22-28-27-10(2)41-22/h9,14,18H,6-8H2,1-5H3,(H,25,31)(H,33,34)(H,24,26,35)/b29-13+/t14?,18-/m1/s1. The molecule has 1 fully saturated rings. The van der Waals surface area contributed by atoms with Crippen molar-refractivity contribution in [1.29, 1.82) is 0 Å². The van der Waals surface area contributed by atoms with Gasteiger partial charge in [0.1, 0.15) is 40.5 Å². The van der Waals surface area contributed by atoms with Gasteiger partial charge in [-0.3, -0.25) is 19.8 Å². The summed E-state index contributed by atoms with van der Waals surface area (Å²) in [5.74, 6) is -1.82. The SMILES string of the molecule is CCC(C)(C)OC(=O)Nc1nc(/C(=N\OC)C(=O)NC2C(=O)N3C(C(=O)O)=C(CSc4nnc(C)s4)CS[C@H]23)cs1. The molecular formula is C23H27N7O7S4. The number of carbonyl (C=O) groups excluding carboxylic acids is 3. The van der Waals surface area contributed by atoms with Crippen molar-refractivity contribution in [1.82, 2.24) is 25.4 Å². The topological polar surface area (TPSA) is 185 Å². The summed E-state index contributed by atoms with van der Waals surface area (Å²) in [6, 6.07) is -0.980. The first-order valence-corrected chi connectivity index (χ1v) is 15.9. The number of oxime groups is 1. The normalized spacial score (nSPS) is 18.9. The van der Waals surface area contributed by atoms with Gasteiger partial charge < -0.3 is 20.0 Å². The van der Waals surface area contributed by atoms with Gasteiger partial charge in [0.2, 0.25) is 0 Å². The van der Waals surface area contributed by atoms with Crippen LogP contribution in [0.5, 0.6) is 0 Å². The number of rotatable bonds is 11. The van der Waals surface area contributed by atoms with Crippen LogP contribution in [-0.4, -0.2) is 90.4 Å². The highest BCUT2D eigenvalue weighted by Gasteiger charge is 2.54. The molecule has 41 heavy (non-hydrogen) atoms. The number of hydrogen-bond acceptors (Lipinski definition) is 14. The number of fused-ring (bicyclic) bond motifs is 1. The van der Waals surface area contributed by atoms with Crippen molar-refractivity contribution in [3.8, 4) is 0 Å². The molecule has 4 heterocycles. The second-order valence-corrected chi connectivity index (χ2v) is 13.6. The monoisotopic (exact) mass is 641 g/mol. The van der Waals surface area contributed by atoms with Gasteiger partial charge in [0, 0.05) is 16.9 Å². The summed E-state index contributed by atoms with van der Waals surface area (Å²) in [4.78, 5) is 60.8. The van der Waals surface area contributed by atoms with E-state index in [-0.39, 0.29) is 22.2 Å². The van der Waals surface area contributed by atoms with Gasteiger partial charge in [-0.05, 0) is 32.8 Å². The fourth-order valence-electron chi connectivity index (χ4n) is 3.66. The van der Waals surface area contributed by atoms with E-state index in [0.29, 0.717) is 27.8 Å². The van der Waals surface area contributed by atoms with Crippen LogP contribution in [0.4, 0.5) is 9.93 Å². The Balaban J connectivity index is 1.43. The largest absolute Gasteiger partial charge is 0.477 e. The third-order valence-electron chi connectivity index (χ3n) is 5.99. The van der Waals surface area contributed by atoms with Gasteiger partial charge in [0.15, 0.2) is 15.2 Å². The second kappa shape index (κ2) is 12.7. The average molecular weight is 642 g/mol. The zero-order chi connectivity index (χ0) is 29.9. The lowest BCUT2D eigenvalue weighted by Gasteiger charge is -2.49. The molecule has 14 nitrogen and oxygen atoms in total. The van der Waals surface area contributed by atoms with E-state index in [2.05, 4.69) is 31.0 Å². The molecule has 220 valence electrons. The molecule has 1 saturated heterocycles. The molecule has 18 heteroatoms. The molecule has 2 aliphatic rings. The van der Waals surface area contributed by atoms with Gasteiger partial charge in [0.05, 0.1) is 0 Å². The minimum Gasteiger partial charge on any atom is -0.477 e. The van der Waals surface area contributed by atoms with Crippen molar-refractivity contribution in [3.05, 3.63) is 27.4 Å². The lowest BCUT2D eigenvalue weighted by Crippen LogP contribution is -2.71. The molecule has 3 N–H and O–H groups in total. The summed E-state index contributed by atoms with van der Waals surface area (Å²) < 4.78 is 6.06. The van der Waals surface area contributed by atoms with E-state index < -0.39 is 40.9 Å². The minimum atomic E-state index is -1.22. The van der Waals surface area contributed by atoms with Crippen LogP contribution in [0.15, 0.2) is 26.1 Å². The van der Waals surface area contributed by atoms with Gasteiger partial charge in [-0.2, -0.15) is 0 Å². The van der Waals surface area contributed by atoms with Crippen LogP contribution < -0.4 is 10.6 Å². The summed E-state index contributed by atoms with van der Waals surface area (Å²) in [5.41, 5.74) is -0.279. The molecule has 0 aliphatic carbocycles. The summed E-state index contributed by atoms with van der Waals surface area (Å²) in [7, 11) is 1.25. The molecule has 0 bridgehead atoms. The number of thiazole rings is 1. The van der Waals surface area contributed by atoms with Gasteiger partial charge >= 0.3 is 12.1 Å². The van der Waals surface area contributed by atoms with Crippen molar-refractivity contribution in [2.24, 2.45) is 5.16 Å². The van der Waals surface area contributed by atoms with E-state index in [4.69, 9.17) is 9.57 Å². The molecule has 2 aromatic rings. The smallest absolute Gasteiger partial charge is 0.413 e. The van der Waals surface area contributed by atoms with E-state index in [9.17, 15) is 24.3 Å². The van der Waals surface area contributed by atoms with Crippen LogP contribution >= 0.6 is 46.2 Å². The van der Waals surface area contributed by atoms with Crippen LogP contribution in [0.25, 0.3) is 0 Å². The highest BCUT2D eigenvalue weighted by Crippen LogP contribution is 2.41. The molecule has 2 aromatic heterocycles. The molecule has 4 rings (SSSR count). The average Bonchev–Trinajstić information content (AvgIpc) is 3.56. The molecule has 1 unspecified atom stereocenters. The van der Waals surface area contributed by atoms with Crippen LogP contribution in [0.1, 0.15) is 37.9 Å². The fourth-order valence-corrected chi connectivity index (χ4v) is 7.64. The Kier molecular flexibility index (Phi) is 9.55. The third-order valence-corrected chi connectivity index (χ3v) is 10.1. The van der Waals surface area contributed by atoms with Crippen molar-refractivity contribution in [2.45, 2.75) is 55.5 Å². The third kappa shape index (κ3) is 6.99. The predicted octanol–water partition coefficient (Wildman–Crippen LogP) is 2.92. The molecule has 0 aromatic carbocycles. The number of amides is 3. The first-order valence-electron chi connectivity index (χ1n) is 12.1. The number of carboxylic acids is 1. The quantitative estimate of drug-likeness (QED) is 0.141. The number of carbonyl (C=O) groups is 4. The maximum absolute atomic E-state index is 13.2. The van der Waals surface area contributed by atoms with E-state index in [1.54, 1.807) is 13.8 Å². The summed E-state index contributed by atoms with van der Waals surface area (Å²) in [6.45, 7) is 7.27. The van der Waals surface area contributed by atoms with Crippen LogP contribution in [0.3, 0.4) is 0 Å². The van der Waals surface area contributed by atoms with Crippen molar-refractivity contribution >= 4 is 80.9 Å². The molecule has 0 spiro atoms. The Bertz CT molecular complexity index is 1420. The van der Waals surface area contributed by atoms with Crippen molar-refractivity contribution < 1.29 is 33.9 Å². The van der Waals surface area contributed by atoms with Gasteiger partial charge in [-0.15, -0.1) is 33.3 Å². The number of aryl methyl sites for hydroxylation is 1. The van der Waals surface area contributed by atoms with Crippen molar-refractivity contribution in [3.63, 3.8) is 0 Å². The number of aromatic nitrogens is 3. The Labute approximate surface area is 251 Å². The number of ether oxygens (including phenoxy) is 1. The fraction of sp³-hybridized carbons (Fsp3) is 0.478. The zero-order valence-corrected chi connectivity index (χ0v) is 25.9. The van der Waals surface area contributed by atoms with Crippen LogP contribution in [-0.2, 0) is 24.0 Å². The lowest BCUT2D eigenvalue weighted by atomic mass is 10.0. The number of anilines is 1. The van der Waals surface area contributed by atoms with E-state index in [0.717, 1.165) is 16.3 Å². The van der Waals surface area contributed by atoms with Crippen molar-refractivity contribution in [2.75, 3.05) is 23.9 Å². The summed E-state index contributed by atoms with van der Waals surface area (Å²) >= 11 is 5.16. The maximum atomic E-state index is 13.2. The molecule has 3 amide bonds. The van der Waals surface area contributed by atoms with Crippen LogP contribution in [0.2, 0.25) is 0 Å². The second-order valence-electron chi connectivity index (χ2n) is 9.28. The Hall–Kier alpha value is -3.22. The number of aliphatic carboxylic acids is 1. The molecule has 2 aliphatic heterocycles. The van der Waals surface area contributed by atoms with Gasteiger partial charge in [-0.25, -0.2) is 14.6 Å². The van der Waals surface area contributed by atoms with E-state index >= 15 is 0 Å². The minimum absolute atomic E-state index is 0.0860. The number of hydrogen-bond donors (Lipinski definition) is 3. The number of thioether (sulfide) groups is 2. The first-order chi connectivity index (χ1) is 19.4. The number of β-lactam (4-membered cyclic amide) rings is 1. The highest BCUT2D eigenvalue weighted by atomic mass is 32.2. The molecular weight excluding hydrogens is 615 g/mol. The van der Waals surface area contributed by atoms with E-state index in [1.807, 2.05) is 13.8 Å². The summed E-state index contributed by atoms with van der Waals surface area (Å²) in [5, 5.41) is 28.7. The first kappa shape index (κ1) is 30.7.